The molecule has 8 nitrogen and oxygen atoms in total. The van der Waals surface area contributed by atoms with Crippen LogP contribution < -0.4 is 22.1 Å². The zero-order valence-corrected chi connectivity index (χ0v) is 12.6. The highest BCUT2D eigenvalue weighted by molar-refractivity contribution is 5.81. The molecule has 0 aromatic rings. The fourth-order valence-corrected chi connectivity index (χ4v) is 1.43. The normalized spacial score (nSPS) is 14.8. The van der Waals surface area contributed by atoms with Gasteiger partial charge in [0.2, 0.25) is 5.91 Å². The van der Waals surface area contributed by atoms with E-state index in [4.69, 9.17) is 11.5 Å². The van der Waals surface area contributed by atoms with E-state index in [9.17, 15) is 9.90 Å². The molecule has 20 heavy (non-hydrogen) atoms. The van der Waals surface area contributed by atoms with Crippen LogP contribution in [0.25, 0.3) is 0 Å². The molecule has 118 valence electrons. The third-order valence-electron chi connectivity index (χ3n) is 2.69. The number of nitrogens with two attached hydrogens (primary N) is 2. The van der Waals surface area contributed by atoms with Crippen molar-refractivity contribution in [3.05, 3.63) is 0 Å². The van der Waals surface area contributed by atoms with Crippen LogP contribution in [0.15, 0.2) is 4.99 Å². The highest BCUT2D eigenvalue weighted by Crippen LogP contribution is 1.96. The van der Waals surface area contributed by atoms with E-state index in [2.05, 4.69) is 15.6 Å². The molecule has 1 unspecified atom stereocenters. The van der Waals surface area contributed by atoms with Crippen molar-refractivity contribution in [1.29, 1.82) is 0 Å². The zero-order chi connectivity index (χ0) is 15.5. The van der Waals surface area contributed by atoms with Gasteiger partial charge in [-0.1, -0.05) is 0 Å². The van der Waals surface area contributed by atoms with Crippen molar-refractivity contribution in [2.24, 2.45) is 16.5 Å². The summed E-state index contributed by atoms with van der Waals surface area (Å²) < 4.78 is 0. The first-order chi connectivity index (χ1) is 9.38. The Balaban J connectivity index is 3.83. The maximum Gasteiger partial charge on any atom is 0.237 e. The van der Waals surface area contributed by atoms with Gasteiger partial charge in [-0.05, 0) is 19.9 Å². The molecule has 0 rings (SSSR count). The number of aliphatic imine (C=N–C) groups is 1. The zero-order valence-electron chi connectivity index (χ0n) is 12.6. The maximum atomic E-state index is 11.7. The summed E-state index contributed by atoms with van der Waals surface area (Å²) in [6.07, 6.45) is 0.598. The minimum absolute atomic E-state index is 0.194. The molecule has 0 heterocycles. The van der Waals surface area contributed by atoms with Crippen molar-refractivity contribution >= 4 is 11.9 Å². The summed E-state index contributed by atoms with van der Waals surface area (Å²) in [5.74, 6) is 0.197. The van der Waals surface area contributed by atoms with Crippen LogP contribution in [0.3, 0.4) is 0 Å². The molecule has 2 atom stereocenters. The lowest BCUT2D eigenvalue weighted by atomic mass is 10.1. The lowest BCUT2D eigenvalue weighted by molar-refractivity contribution is -0.122. The number of amides is 1. The van der Waals surface area contributed by atoms with Gasteiger partial charge >= 0.3 is 0 Å². The van der Waals surface area contributed by atoms with E-state index in [0.29, 0.717) is 31.9 Å². The van der Waals surface area contributed by atoms with E-state index in [1.165, 1.54) is 0 Å². The van der Waals surface area contributed by atoms with E-state index in [1.807, 2.05) is 14.1 Å². The minimum atomic E-state index is -0.611. The number of nitrogens with zero attached hydrogens (tertiary/aromatic N) is 2. The second-order valence-electron chi connectivity index (χ2n) is 4.84. The van der Waals surface area contributed by atoms with Gasteiger partial charge in [0.1, 0.15) is 0 Å². The highest BCUT2D eigenvalue weighted by Gasteiger charge is 2.13. The number of likely N-dealkylation sites (N-methyl/N-ethyl adjacent to an activating group) is 1. The number of aliphatic hydroxyl groups is 1. The molecule has 0 bridgehead atoms. The third-order valence-corrected chi connectivity index (χ3v) is 2.69. The molecule has 7 N–H and O–H groups in total. The minimum Gasteiger partial charge on any atom is -0.390 e. The summed E-state index contributed by atoms with van der Waals surface area (Å²) in [6.45, 7) is 1.15. The Morgan fingerprint density at radius 1 is 1.40 bits per heavy atom. The molecule has 1 amide bonds. The first-order valence-electron chi connectivity index (χ1n) is 6.71. The number of guanidine groups is 1. The predicted octanol–water partition coefficient (Wildman–Crippen LogP) is -2.33. The SMILES string of the molecule is CNCC(O)CNC(=O)[C@@H](N)CCCN=C(N)N(C)C. The Morgan fingerprint density at radius 2 is 2.05 bits per heavy atom. The molecule has 0 saturated carbocycles. The number of aliphatic hydroxyl groups excluding tert-OH is 1. The fourth-order valence-electron chi connectivity index (χ4n) is 1.43. The summed E-state index contributed by atoms with van der Waals surface area (Å²) >= 11 is 0. The van der Waals surface area contributed by atoms with Crippen LogP contribution in [0.1, 0.15) is 12.8 Å². The van der Waals surface area contributed by atoms with Crippen LogP contribution in [-0.4, -0.2) is 74.8 Å². The first-order valence-corrected chi connectivity index (χ1v) is 6.71. The standard InChI is InChI=1S/C12H28N6O2/c1-15-7-9(19)8-17-11(20)10(13)5-4-6-16-12(14)18(2)3/h9-10,15,19H,4-8,13H2,1-3H3,(H2,14,16)(H,17,20)/t9?,10-/m0/s1. The smallest absolute Gasteiger partial charge is 0.237 e. The van der Waals surface area contributed by atoms with Crippen LogP contribution in [0.4, 0.5) is 0 Å². The number of hydrogen-bond acceptors (Lipinski definition) is 5. The highest BCUT2D eigenvalue weighted by atomic mass is 16.3. The van der Waals surface area contributed by atoms with Gasteiger partial charge in [-0.25, -0.2) is 0 Å². The van der Waals surface area contributed by atoms with Gasteiger partial charge < -0.3 is 32.1 Å². The lowest BCUT2D eigenvalue weighted by Crippen LogP contribution is -2.45. The molecule has 0 saturated heterocycles. The molecule has 0 aliphatic rings. The van der Waals surface area contributed by atoms with E-state index in [0.717, 1.165) is 0 Å². The molecule has 0 aromatic heterocycles. The monoisotopic (exact) mass is 288 g/mol. The van der Waals surface area contributed by atoms with Crippen molar-refractivity contribution in [3.63, 3.8) is 0 Å². The van der Waals surface area contributed by atoms with Gasteiger partial charge in [0, 0.05) is 33.7 Å². The number of rotatable bonds is 9. The van der Waals surface area contributed by atoms with Gasteiger partial charge in [-0.15, -0.1) is 0 Å². The molecule has 8 heteroatoms. The lowest BCUT2D eigenvalue weighted by Gasteiger charge is -2.15. The van der Waals surface area contributed by atoms with E-state index in [1.54, 1.807) is 11.9 Å². The van der Waals surface area contributed by atoms with Crippen molar-refractivity contribution in [2.75, 3.05) is 40.8 Å². The Kier molecular flexibility index (Phi) is 9.69. The molecule has 0 aromatic carbocycles. The van der Waals surface area contributed by atoms with Crippen LogP contribution in [0, 0.1) is 0 Å². The van der Waals surface area contributed by atoms with Crippen molar-refractivity contribution in [2.45, 2.75) is 25.0 Å². The fraction of sp³-hybridized carbons (Fsp3) is 0.833. The van der Waals surface area contributed by atoms with Gasteiger partial charge in [0.15, 0.2) is 5.96 Å². The quantitative estimate of drug-likeness (QED) is 0.184. The summed E-state index contributed by atoms with van der Waals surface area (Å²) in [6, 6.07) is -0.590. The Labute approximate surface area is 120 Å². The third kappa shape index (κ3) is 8.68. The van der Waals surface area contributed by atoms with Crippen molar-refractivity contribution < 1.29 is 9.90 Å². The van der Waals surface area contributed by atoms with E-state index < -0.39 is 12.1 Å². The molecule has 0 fully saturated rings. The second kappa shape index (κ2) is 10.4. The molecule has 0 aliphatic carbocycles. The number of hydrogen-bond donors (Lipinski definition) is 5. The summed E-state index contributed by atoms with van der Waals surface area (Å²) in [4.78, 5) is 17.5. The number of carbonyl (C=O) groups is 1. The predicted molar refractivity (Wildman–Crippen MR) is 80.3 cm³/mol. The van der Waals surface area contributed by atoms with Gasteiger partial charge in [-0.3, -0.25) is 9.79 Å². The molecule has 0 radical (unpaired) electrons. The molecular formula is C12H28N6O2. The van der Waals surface area contributed by atoms with Crippen LogP contribution in [0.5, 0.6) is 0 Å². The van der Waals surface area contributed by atoms with Crippen LogP contribution >= 0.6 is 0 Å². The molecule has 0 aliphatic heterocycles. The average molecular weight is 288 g/mol. The largest absolute Gasteiger partial charge is 0.390 e. The average Bonchev–Trinajstić information content (AvgIpc) is 2.40. The maximum absolute atomic E-state index is 11.7. The van der Waals surface area contributed by atoms with Gasteiger partial charge in [0.05, 0.1) is 12.1 Å². The summed E-state index contributed by atoms with van der Waals surface area (Å²) in [5.41, 5.74) is 11.4. The Hall–Kier alpha value is -1.38. The second-order valence-corrected chi connectivity index (χ2v) is 4.84. The molecule has 0 spiro atoms. The topological polar surface area (TPSA) is 129 Å². The van der Waals surface area contributed by atoms with E-state index in [-0.39, 0.29) is 12.5 Å². The van der Waals surface area contributed by atoms with Crippen molar-refractivity contribution in [3.8, 4) is 0 Å². The Morgan fingerprint density at radius 3 is 2.60 bits per heavy atom. The summed E-state index contributed by atoms with van der Waals surface area (Å²) in [5, 5.41) is 14.9. The van der Waals surface area contributed by atoms with Crippen molar-refractivity contribution in [1.82, 2.24) is 15.5 Å². The van der Waals surface area contributed by atoms with Crippen LogP contribution in [0.2, 0.25) is 0 Å². The number of carbonyl (C=O) groups excluding carboxylic acids is 1. The molecular weight excluding hydrogens is 260 g/mol. The van der Waals surface area contributed by atoms with Gasteiger partial charge in [0.25, 0.3) is 0 Å². The number of nitrogens with one attached hydrogen (secondary N) is 2. The first kappa shape index (κ1) is 18.6. The van der Waals surface area contributed by atoms with Crippen LogP contribution in [-0.2, 0) is 4.79 Å². The summed E-state index contributed by atoms with van der Waals surface area (Å²) in [7, 11) is 5.36. The van der Waals surface area contributed by atoms with E-state index >= 15 is 0 Å². The Bertz CT molecular complexity index is 308. The van der Waals surface area contributed by atoms with Gasteiger partial charge in [-0.2, -0.15) is 0 Å².